The van der Waals surface area contributed by atoms with Crippen LogP contribution in [0.3, 0.4) is 0 Å². The second kappa shape index (κ2) is 8.79. The summed E-state index contributed by atoms with van der Waals surface area (Å²) in [6, 6.07) is 8.88. The van der Waals surface area contributed by atoms with Gasteiger partial charge >= 0.3 is 5.51 Å². The third kappa shape index (κ3) is 6.67. The molecule has 2 aromatic rings. The highest BCUT2D eigenvalue weighted by Gasteiger charge is 2.29. The van der Waals surface area contributed by atoms with E-state index in [2.05, 4.69) is 5.32 Å². The molecule has 4 nitrogen and oxygen atoms in total. The van der Waals surface area contributed by atoms with Crippen molar-refractivity contribution in [2.24, 2.45) is 0 Å². The zero-order valence-electron chi connectivity index (χ0n) is 12.6. The molecule has 1 aromatic heterocycles. The summed E-state index contributed by atoms with van der Waals surface area (Å²) in [5, 5.41) is 2.69. The lowest BCUT2D eigenvalue weighted by Gasteiger charge is -2.08. The fraction of sp³-hybridized carbons (Fsp3) is 0.312. The number of thioether (sulfide) groups is 1. The Morgan fingerprint density at radius 2 is 1.96 bits per heavy atom. The molecule has 1 heterocycles. The molecule has 1 amide bonds. The lowest BCUT2D eigenvalue weighted by Crippen LogP contribution is -2.25. The molecular formula is C16H16F3NO3S. The first-order valence-electron chi connectivity index (χ1n) is 7.18. The molecule has 0 aliphatic carbocycles. The average Bonchev–Trinajstić information content (AvgIpc) is 3.03. The van der Waals surface area contributed by atoms with Gasteiger partial charge in [0.15, 0.2) is 0 Å². The van der Waals surface area contributed by atoms with Crippen molar-refractivity contribution < 1.29 is 27.1 Å². The van der Waals surface area contributed by atoms with Crippen molar-refractivity contribution in [2.45, 2.75) is 23.4 Å². The molecule has 2 rings (SSSR count). The van der Waals surface area contributed by atoms with Crippen LogP contribution < -0.4 is 5.32 Å². The van der Waals surface area contributed by atoms with Crippen molar-refractivity contribution in [3.8, 4) is 0 Å². The van der Waals surface area contributed by atoms with E-state index in [-0.39, 0.29) is 22.6 Å². The number of carbonyl (C=O) groups is 1. The van der Waals surface area contributed by atoms with Gasteiger partial charge in [-0.15, -0.1) is 0 Å². The number of ether oxygens (including phenoxy) is 1. The van der Waals surface area contributed by atoms with Crippen LogP contribution in [0.2, 0.25) is 0 Å². The Kier molecular flexibility index (Phi) is 6.74. The summed E-state index contributed by atoms with van der Waals surface area (Å²) in [6.45, 7) is 1.25. The lowest BCUT2D eigenvalue weighted by molar-refractivity contribution is -0.0328. The van der Waals surface area contributed by atoms with Gasteiger partial charge in [0.1, 0.15) is 12.4 Å². The molecule has 1 aromatic carbocycles. The quantitative estimate of drug-likeness (QED) is 0.566. The van der Waals surface area contributed by atoms with E-state index in [9.17, 15) is 18.0 Å². The molecular weight excluding hydrogens is 343 g/mol. The summed E-state index contributed by atoms with van der Waals surface area (Å²) in [4.78, 5) is 11.9. The van der Waals surface area contributed by atoms with Gasteiger partial charge in [-0.25, -0.2) is 0 Å². The van der Waals surface area contributed by atoms with Gasteiger partial charge < -0.3 is 14.5 Å². The van der Waals surface area contributed by atoms with E-state index in [0.717, 1.165) is 5.76 Å². The predicted molar refractivity (Wildman–Crippen MR) is 83.7 cm³/mol. The molecule has 0 atom stereocenters. The average molecular weight is 359 g/mol. The van der Waals surface area contributed by atoms with Crippen molar-refractivity contribution in [3.63, 3.8) is 0 Å². The minimum atomic E-state index is -4.33. The normalized spacial score (nSPS) is 11.5. The summed E-state index contributed by atoms with van der Waals surface area (Å²) < 4.78 is 47.2. The number of benzene rings is 1. The Hall–Kier alpha value is -1.93. The lowest BCUT2D eigenvalue weighted by atomic mass is 10.2. The molecule has 24 heavy (non-hydrogen) atoms. The molecule has 8 heteroatoms. The van der Waals surface area contributed by atoms with Crippen LogP contribution in [0.25, 0.3) is 0 Å². The van der Waals surface area contributed by atoms with Crippen molar-refractivity contribution in [3.05, 3.63) is 54.0 Å². The maximum Gasteiger partial charge on any atom is 0.446 e. The third-order valence-corrected chi connectivity index (χ3v) is 3.66. The van der Waals surface area contributed by atoms with E-state index in [4.69, 9.17) is 9.15 Å². The Balaban J connectivity index is 1.65. The second-order valence-electron chi connectivity index (χ2n) is 4.81. The first kappa shape index (κ1) is 18.4. The molecule has 0 spiro atoms. The zero-order valence-corrected chi connectivity index (χ0v) is 13.5. The van der Waals surface area contributed by atoms with Crippen molar-refractivity contribution in [1.29, 1.82) is 0 Å². The number of alkyl halides is 3. The summed E-state index contributed by atoms with van der Waals surface area (Å²) in [7, 11) is 0. The standard InChI is InChI=1S/C16H16F3NO3S/c17-16(18,19)24-14-6-4-12(5-7-14)15(21)20-8-2-9-22-11-13-3-1-10-23-13/h1,3-7,10H,2,8-9,11H2,(H,20,21). The first-order chi connectivity index (χ1) is 11.4. The zero-order chi connectivity index (χ0) is 17.4. The third-order valence-electron chi connectivity index (χ3n) is 2.93. The monoisotopic (exact) mass is 359 g/mol. The molecule has 0 aliphatic rings. The van der Waals surface area contributed by atoms with Gasteiger partial charge in [-0.1, -0.05) is 0 Å². The Morgan fingerprint density at radius 3 is 2.58 bits per heavy atom. The first-order valence-corrected chi connectivity index (χ1v) is 8.00. The van der Waals surface area contributed by atoms with E-state index in [1.807, 2.05) is 6.07 Å². The van der Waals surface area contributed by atoms with E-state index in [1.165, 1.54) is 24.3 Å². The van der Waals surface area contributed by atoms with Crippen molar-refractivity contribution >= 4 is 17.7 Å². The maximum absolute atomic E-state index is 12.2. The van der Waals surface area contributed by atoms with Crippen LogP contribution in [0.4, 0.5) is 13.2 Å². The number of rotatable bonds is 8. The molecule has 130 valence electrons. The highest BCUT2D eigenvalue weighted by atomic mass is 32.2. The van der Waals surface area contributed by atoms with Crippen LogP contribution in [0.1, 0.15) is 22.5 Å². The smallest absolute Gasteiger partial charge is 0.446 e. The fourth-order valence-corrected chi connectivity index (χ4v) is 2.39. The van der Waals surface area contributed by atoms with Crippen molar-refractivity contribution in [2.75, 3.05) is 13.2 Å². The van der Waals surface area contributed by atoms with Gasteiger partial charge in [0.25, 0.3) is 5.91 Å². The topological polar surface area (TPSA) is 51.5 Å². The number of carbonyl (C=O) groups excluding carboxylic acids is 1. The van der Waals surface area contributed by atoms with Gasteiger partial charge in [-0.2, -0.15) is 13.2 Å². The second-order valence-corrected chi connectivity index (χ2v) is 5.95. The van der Waals surface area contributed by atoms with Crippen LogP contribution in [0.15, 0.2) is 52.0 Å². The van der Waals surface area contributed by atoms with E-state index in [1.54, 1.807) is 12.3 Å². The van der Waals surface area contributed by atoms with Gasteiger partial charge in [-0.3, -0.25) is 4.79 Å². The van der Waals surface area contributed by atoms with Gasteiger partial charge in [0.2, 0.25) is 0 Å². The van der Waals surface area contributed by atoms with Crippen LogP contribution >= 0.6 is 11.8 Å². The summed E-state index contributed by atoms with van der Waals surface area (Å²) in [6.07, 6.45) is 2.19. The van der Waals surface area contributed by atoms with Gasteiger partial charge in [-0.05, 0) is 54.6 Å². The fourth-order valence-electron chi connectivity index (χ4n) is 1.85. The van der Waals surface area contributed by atoms with Crippen molar-refractivity contribution in [1.82, 2.24) is 5.32 Å². The maximum atomic E-state index is 12.2. The minimum absolute atomic E-state index is 0.0466. The number of halogens is 3. The molecule has 0 unspecified atom stereocenters. The Morgan fingerprint density at radius 1 is 1.21 bits per heavy atom. The Labute approximate surface area is 141 Å². The predicted octanol–water partition coefficient (Wildman–Crippen LogP) is 4.23. The van der Waals surface area contributed by atoms with E-state index < -0.39 is 5.51 Å². The number of furan rings is 1. The number of nitrogens with one attached hydrogen (secondary N) is 1. The summed E-state index contributed by atoms with van der Waals surface area (Å²) in [5.41, 5.74) is -4.02. The summed E-state index contributed by atoms with van der Waals surface area (Å²) in [5.74, 6) is 0.403. The molecule has 0 bridgehead atoms. The molecule has 0 saturated carbocycles. The van der Waals surface area contributed by atoms with Gasteiger partial charge in [0, 0.05) is 23.6 Å². The van der Waals surface area contributed by atoms with E-state index >= 15 is 0 Å². The van der Waals surface area contributed by atoms with Gasteiger partial charge in [0.05, 0.1) is 6.26 Å². The highest BCUT2D eigenvalue weighted by molar-refractivity contribution is 8.00. The van der Waals surface area contributed by atoms with E-state index in [0.29, 0.717) is 31.7 Å². The molecule has 0 radical (unpaired) electrons. The SMILES string of the molecule is O=C(NCCCOCc1ccco1)c1ccc(SC(F)(F)F)cc1. The Bertz CT molecular complexity index is 627. The minimum Gasteiger partial charge on any atom is -0.467 e. The largest absolute Gasteiger partial charge is 0.467 e. The van der Waals surface area contributed by atoms with Crippen LogP contribution in [0, 0.1) is 0 Å². The summed E-state index contributed by atoms with van der Waals surface area (Å²) >= 11 is -0.209. The molecule has 1 N–H and O–H groups in total. The molecule has 0 aliphatic heterocycles. The molecule has 0 fully saturated rings. The van der Waals surface area contributed by atoms with Crippen LogP contribution in [-0.2, 0) is 11.3 Å². The van der Waals surface area contributed by atoms with Crippen LogP contribution in [0.5, 0.6) is 0 Å². The number of hydrogen-bond acceptors (Lipinski definition) is 4. The molecule has 0 saturated heterocycles. The number of hydrogen-bond donors (Lipinski definition) is 1. The highest BCUT2D eigenvalue weighted by Crippen LogP contribution is 2.36. The van der Waals surface area contributed by atoms with Crippen LogP contribution in [-0.4, -0.2) is 24.6 Å². The number of amides is 1.